The third-order valence-electron chi connectivity index (χ3n) is 3.78. The molecule has 1 rings (SSSR count). The van der Waals surface area contributed by atoms with Crippen molar-refractivity contribution >= 4 is 0 Å². The third kappa shape index (κ3) is 4.97. The highest BCUT2D eigenvalue weighted by Crippen LogP contribution is 2.21. The summed E-state index contributed by atoms with van der Waals surface area (Å²) in [4.78, 5) is 2.75. The molecular formula is C15H32N2. The van der Waals surface area contributed by atoms with Gasteiger partial charge < -0.3 is 5.32 Å². The molecule has 0 saturated carbocycles. The summed E-state index contributed by atoms with van der Waals surface area (Å²) < 4.78 is 0. The summed E-state index contributed by atoms with van der Waals surface area (Å²) in [6.07, 6.45) is 2.64. The van der Waals surface area contributed by atoms with Crippen molar-refractivity contribution < 1.29 is 0 Å². The summed E-state index contributed by atoms with van der Waals surface area (Å²) in [7, 11) is 0. The molecular weight excluding hydrogens is 208 g/mol. The predicted octanol–water partition coefficient (Wildman–Crippen LogP) is 3.13. The molecule has 0 aromatic rings. The minimum Gasteiger partial charge on any atom is -0.311 e. The molecule has 0 amide bonds. The second-order valence-corrected chi connectivity index (χ2v) is 6.77. The van der Waals surface area contributed by atoms with E-state index in [1.807, 2.05) is 0 Å². The number of nitrogens with one attached hydrogen (secondary N) is 1. The van der Waals surface area contributed by atoms with Crippen LogP contribution in [0.2, 0.25) is 0 Å². The fraction of sp³-hybridized carbons (Fsp3) is 1.00. The van der Waals surface area contributed by atoms with Crippen molar-refractivity contribution in [2.45, 2.75) is 72.5 Å². The van der Waals surface area contributed by atoms with Gasteiger partial charge in [-0.25, -0.2) is 0 Å². The van der Waals surface area contributed by atoms with Gasteiger partial charge in [0.2, 0.25) is 0 Å². The van der Waals surface area contributed by atoms with E-state index in [2.05, 4.69) is 51.8 Å². The van der Waals surface area contributed by atoms with Crippen molar-refractivity contribution in [3.05, 3.63) is 0 Å². The topological polar surface area (TPSA) is 15.3 Å². The van der Waals surface area contributed by atoms with Crippen LogP contribution < -0.4 is 5.32 Å². The first-order chi connectivity index (χ1) is 7.90. The number of rotatable bonds is 5. The monoisotopic (exact) mass is 240 g/mol. The van der Waals surface area contributed by atoms with Crippen molar-refractivity contribution in [3.63, 3.8) is 0 Å². The van der Waals surface area contributed by atoms with Gasteiger partial charge in [-0.15, -0.1) is 0 Å². The van der Waals surface area contributed by atoms with Crippen LogP contribution in [0.1, 0.15) is 54.4 Å². The second kappa shape index (κ2) is 6.75. The van der Waals surface area contributed by atoms with Crippen LogP contribution in [0, 0.1) is 11.8 Å². The van der Waals surface area contributed by atoms with Crippen molar-refractivity contribution in [1.82, 2.24) is 10.2 Å². The summed E-state index contributed by atoms with van der Waals surface area (Å²) in [6, 6.07) is 2.11. The van der Waals surface area contributed by atoms with Gasteiger partial charge in [-0.1, -0.05) is 27.7 Å². The van der Waals surface area contributed by atoms with E-state index in [-0.39, 0.29) is 0 Å². The van der Waals surface area contributed by atoms with Crippen molar-refractivity contribution in [2.75, 3.05) is 13.1 Å². The standard InChI is InChI=1S/C15H32N2/c1-11(2)7-14(6)17-10-13(5)16-9-15(17)8-12(3)4/h11-16H,7-10H2,1-6H3. The van der Waals surface area contributed by atoms with Crippen molar-refractivity contribution in [3.8, 4) is 0 Å². The Hall–Kier alpha value is -0.0800. The molecule has 2 nitrogen and oxygen atoms in total. The first-order valence-electron chi connectivity index (χ1n) is 7.39. The summed E-state index contributed by atoms with van der Waals surface area (Å²) in [5.41, 5.74) is 0. The number of nitrogens with zero attached hydrogens (tertiary/aromatic N) is 1. The van der Waals surface area contributed by atoms with Gasteiger partial charge in [0.1, 0.15) is 0 Å². The molecule has 2 heteroatoms. The maximum atomic E-state index is 3.63. The van der Waals surface area contributed by atoms with E-state index in [0.29, 0.717) is 6.04 Å². The van der Waals surface area contributed by atoms with Crippen LogP contribution >= 0.6 is 0 Å². The van der Waals surface area contributed by atoms with E-state index in [9.17, 15) is 0 Å². The maximum absolute atomic E-state index is 3.63. The fourth-order valence-corrected chi connectivity index (χ4v) is 3.10. The minimum atomic E-state index is 0.646. The van der Waals surface area contributed by atoms with Crippen LogP contribution in [0.25, 0.3) is 0 Å². The van der Waals surface area contributed by atoms with E-state index in [0.717, 1.165) is 23.9 Å². The quantitative estimate of drug-likeness (QED) is 0.794. The number of piperazine rings is 1. The van der Waals surface area contributed by atoms with Gasteiger partial charge in [0.25, 0.3) is 0 Å². The summed E-state index contributed by atoms with van der Waals surface area (Å²) in [5, 5.41) is 3.63. The van der Waals surface area contributed by atoms with Gasteiger partial charge in [0.05, 0.1) is 0 Å². The van der Waals surface area contributed by atoms with Gasteiger partial charge >= 0.3 is 0 Å². The Labute approximate surface area is 108 Å². The van der Waals surface area contributed by atoms with Crippen LogP contribution in [0.3, 0.4) is 0 Å². The molecule has 1 heterocycles. The highest BCUT2D eigenvalue weighted by atomic mass is 15.2. The van der Waals surface area contributed by atoms with Gasteiger partial charge in [-0.05, 0) is 38.5 Å². The normalized spacial score (nSPS) is 28.9. The average Bonchev–Trinajstić information content (AvgIpc) is 2.19. The molecule has 1 fully saturated rings. The zero-order chi connectivity index (χ0) is 13.0. The summed E-state index contributed by atoms with van der Waals surface area (Å²) >= 11 is 0. The maximum Gasteiger partial charge on any atom is 0.0226 e. The highest BCUT2D eigenvalue weighted by molar-refractivity contribution is 4.87. The molecule has 1 aliphatic rings. The zero-order valence-electron chi connectivity index (χ0n) is 12.7. The summed E-state index contributed by atoms with van der Waals surface area (Å²) in [5.74, 6) is 1.60. The smallest absolute Gasteiger partial charge is 0.0226 e. The lowest BCUT2D eigenvalue weighted by Crippen LogP contribution is -2.58. The van der Waals surface area contributed by atoms with E-state index in [4.69, 9.17) is 0 Å². The molecule has 3 atom stereocenters. The molecule has 1 saturated heterocycles. The van der Waals surface area contributed by atoms with Crippen molar-refractivity contribution in [1.29, 1.82) is 0 Å². The molecule has 1 N–H and O–H groups in total. The minimum absolute atomic E-state index is 0.646. The van der Waals surface area contributed by atoms with Gasteiger partial charge in [0, 0.05) is 31.2 Å². The molecule has 3 unspecified atom stereocenters. The largest absolute Gasteiger partial charge is 0.311 e. The first kappa shape index (κ1) is 15.0. The van der Waals surface area contributed by atoms with E-state index >= 15 is 0 Å². The Kier molecular flexibility index (Phi) is 5.94. The van der Waals surface area contributed by atoms with Crippen molar-refractivity contribution in [2.24, 2.45) is 11.8 Å². The summed E-state index contributed by atoms with van der Waals surface area (Å²) in [6.45, 7) is 16.4. The molecule has 0 radical (unpaired) electrons. The molecule has 1 aliphatic heterocycles. The Morgan fingerprint density at radius 3 is 2.29 bits per heavy atom. The molecule has 17 heavy (non-hydrogen) atoms. The molecule has 0 spiro atoms. The fourth-order valence-electron chi connectivity index (χ4n) is 3.10. The van der Waals surface area contributed by atoms with Crippen LogP contribution in [0.5, 0.6) is 0 Å². The predicted molar refractivity (Wildman–Crippen MR) is 76.3 cm³/mol. The van der Waals surface area contributed by atoms with Crippen LogP contribution in [0.15, 0.2) is 0 Å². The van der Waals surface area contributed by atoms with Crippen LogP contribution in [-0.4, -0.2) is 36.1 Å². The van der Waals surface area contributed by atoms with E-state index in [1.165, 1.54) is 25.9 Å². The van der Waals surface area contributed by atoms with Crippen LogP contribution in [-0.2, 0) is 0 Å². The highest BCUT2D eigenvalue weighted by Gasteiger charge is 2.29. The Morgan fingerprint density at radius 1 is 1.12 bits per heavy atom. The molecule has 0 aliphatic carbocycles. The van der Waals surface area contributed by atoms with E-state index < -0.39 is 0 Å². The Morgan fingerprint density at radius 2 is 1.76 bits per heavy atom. The molecule has 0 bridgehead atoms. The lowest BCUT2D eigenvalue weighted by atomic mass is 9.95. The Bertz CT molecular complexity index is 213. The number of hydrogen-bond donors (Lipinski definition) is 1. The van der Waals surface area contributed by atoms with Gasteiger partial charge in [0.15, 0.2) is 0 Å². The van der Waals surface area contributed by atoms with Crippen LogP contribution in [0.4, 0.5) is 0 Å². The van der Waals surface area contributed by atoms with Gasteiger partial charge in [-0.3, -0.25) is 4.90 Å². The Balaban J connectivity index is 2.60. The SMILES string of the molecule is CC(C)CC(C)N1CC(C)NCC1CC(C)C. The van der Waals surface area contributed by atoms with E-state index in [1.54, 1.807) is 0 Å². The second-order valence-electron chi connectivity index (χ2n) is 6.77. The van der Waals surface area contributed by atoms with Gasteiger partial charge in [-0.2, -0.15) is 0 Å². The zero-order valence-corrected chi connectivity index (χ0v) is 12.7. The molecule has 0 aromatic heterocycles. The average molecular weight is 240 g/mol. The molecule has 0 aromatic carbocycles. The molecule has 102 valence electrons. The lowest BCUT2D eigenvalue weighted by Gasteiger charge is -2.44. The lowest BCUT2D eigenvalue weighted by molar-refractivity contribution is 0.0707. The first-order valence-corrected chi connectivity index (χ1v) is 7.39. The number of hydrogen-bond acceptors (Lipinski definition) is 2. The third-order valence-corrected chi connectivity index (χ3v) is 3.78.